The molecule has 5 heteroatoms. The summed E-state index contributed by atoms with van der Waals surface area (Å²) in [7, 11) is 1.80. The number of nitrogens with zero attached hydrogens (tertiary/aromatic N) is 1. The molecule has 2 aromatic rings. The van der Waals surface area contributed by atoms with E-state index in [1.807, 2.05) is 17.8 Å². The van der Waals surface area contributed by atoms with Crippen molar-refractivity contribution >= 4 is 28.6 Å². The Morgan fingerprint density at radius 1 is 1.29 bits per heavy atom. The average Bonchev–Trinajstić information content (AvgIpc) is 2.90. The monoisotopic (exact) mass is 304 g/mol. The van der Waals surface area contributed by atoms with Crippen molar-refractivity contribution in [2.24, 2.45) is 4.99 Å². The van der Waals surface area contributed by atoms with Crippen LogP contribution in [0.5, 0.6) is 0 Å². The largest absolute Gasteiger partial charge is 0.357 e. The Hall–Kier alpha value is -1.62. The summed E-state index contributed by atoms with van der Waals surface area (Å²) in [6.45, 7) is 6.04. The zero-order chi connectivity index (χ0) is 15.3. The number of aliphatic imine (C=N–C) groups is 1. The molecule has 1 heterocycles. The van der Waals surface area contributed by atoms with Gasteiger partial charge in [-0.25, -0.2) is 0 Å². The van der Waals surface area contributed by atoms with E-state index in [0.29, 0.717) is 0 Å². The number of thioether (sulfide) groups is 1. The van der Waals surface area contributed by atoms with E-state index in [-0.39, 0.29) is 4.75 Å². The molecule has 0 amide bonds. The zero-order valence-electron chi connectivity index (χ0n) is 13.2. The predicted molar refractivity (Wildman–Crippen MR) is 94.1 cm³/mol. The van der Waals surface area contributed by atoms with Gasteiger partial charge in [-0.3, -0.25) is 4.99 Å². The lowest BCUT2D eigenvalue weighted by atomic mass is 10.2. The number of nitrogens with one attached hydrogen (secondary N) is 3. The second-order valence-electron chi connectivity index (χ2n) is 5.62. The van der Waals surface area contributed by atoms with Gasteiger partial charge in [-0.2, -0.15) is 11.8 Å². The second kappa shape index (κ2) is 6.89. The Morgan fingerprint density at radius 2 is 2.05 bits per heavy atom. The molecule has 0 fully saturated rings. The van der Waals surface area contributed by atoms with Gasteiger partial charge in [-0.05, 0) is 37.6 Å². The first-order valence-electron chi connectivity index (χ1n) is 7.10. The van der Waals surface area contributed by atoms with Crippen molar-refractivity contribution in [1.82, 2.24) is 15.6 Å². The normalized spacial score (nSPS) is 12.7. The Morgan fingerprint density at radius 3 is 2.71 bits per heavy atom. The molecular weight excluding hydrogens is 280 g/mol. The van der Waals surface area contributed by atoms with Crippen LogP contribution in [0.4, 0.5) is 0 Å². The fraction of sp³-hybridized carbons (Fsp3) is 0.438. The van der Waals surface area contributed by atoms with Crippen molar-refractivity contribution in [2.75, 3.05) is 19.8 Å². The number of guanidine groups is 1. The lowest BCUT2D eigenvalue weighted by Gasteiger charge is -2.23. The first-order valence-corrected chi connectivity index (χ1v) is 8.33. The van der Waals surface area contributed by atoms with Crippen LogP contribution < -0.4 is 10.6 Å². The molecule has 1 aromatic carbocycles. The summed E-state index contributed by atoms with van der Waals surface area (Å²) in [5, 5.41) is 7.95. The summed E-state index contributed by atoms with van der Waals surface area (Å²) in [6, 6.07) is 10.5. The third-order valence-corrected chi connectivity index (χ3v) is 4.74. The van der Waals surface area contributed by atoms with Gasteiger partial charge < -0.3 is 15.6 Å². The first-order chi connectivity index (χ1) is 10.0. The van der Waals surface area contributed by atoms with Crippen molar-refractivity contribution in [2.45, 2.75) is 25.1 Å². The first kappa shape index (κ1) is 15.8. The van der Waals surface area contributed by atoms with E-state index in [1.165, 1.54) is 10.9 Å². The van der Waals surface area contributed by atoms with Crippen molar-refractivity contribution in [3.05, 3.63) is 36.0 Å². The summed E-state index contributed by atoms with van der Waals surface area (Å²) in [5.41, 5.74) is 2.32. The molecule has 0 radical (unpaired) electrons. The Bertz CT molecular complexity index is 583. The van der Waals surface area contributed by atoms with E-state index in [2.05, 4.69) is 65.0 Å². The van der Waals surface area contributed by atoms with Gasteiger partial charge in [0.2, 0.25) is 0 Å². The molecule has 21 heavy (non-hydrogen) atoms. The van der Waals surface area contributed by atoms with E-state index < -0.39 is 0 Å². The number of hydrogen-bond donors (Lipinski definition) is 3. The van der Waals surface area contributed by atoms with Crippen LogP contribution >= 0.6 is 11.8 Å². The number of aromatic amines is 1. The third-order valence-electron chi connectivity index (χ3n) is 3.49. The molecule has 0 saturated carbocycles. The Kier molecular flexibility index (Phi) is 5.17. The summed E-state index contributed by atoms with van der Waals surface area (Å²) >= 11 is 1.85. The minimum atomic E-state index is 0.193. The second-order valence-corrected chi connectivity index (χ2v) is 7.14. The number of para-hydroxylation sites is 1. The summed E-state index contributed by atoms with van der Waals surface area (Å²) in [4.78, 5) is 7.67. The number of rotatable bonds is 5. The molecule has 0 saturated heterocycles. The number of fused-ring (bicyclic) bond motifs is 1. The van der Waals surface area contributed by atoms with Crippen LogP contribution in [0.2, 0.25) is 0 Å². The van der Waals surface area contributed by atoms with E-state index in [4.69, 9.17) is 0 Å². The van der Waals surface area contributed by atoms with Crippen LogP contribution in [0.3, 0.4) is 0 Å². The van der Waals surface area contributed by atoms with Gasteiger partial charge >= 0.3 is 0 Å². The fourth-order valence-corrected chi connectivity index (χ4v) is 2.21. The lowest BCUT2D eigenvalue weighted by molar-refractivity contribution is 0.663. The van der Waals surface area contributed by atoms with Crippen LogP contribution in [0, 0.1) is 0 Å². The van der Waals surface area contributed by atoms with Crippen molar-refractivity contribution < 1.29 is 0 Å². The van der Waals surface area contributed by atoms with E-state index in [9.17, 15) is 0 Å². The number of hydrogen-bond acceptors (Lipinski definition) is 2. The van der Waals surface area contributed by atoms with Gasteiger partial charge in [0.15, 0.2) is 5.96 Å². The quantitative estimate of drug-likeness (QED) is 0.588. The fourth-order valence-electron chi connectivity index (χ4n) is 2.00. The maximum absolute atomic E-state index is 4.27. The minimum absolute atomic E-state index is 0.193. The molecular formula is C16H24N4S. The molecule has 0 aliphatic carbocycles. The molecule has 114 valence electrons. The van der Waals surface area contributed by atoms with Gasteiger partial charge in [0.05, 0.1) is 6.54 Å². The van der Waals surface area contributed by atoms with Crippen LogP contribution in [0.1, 0.15) is 19.5 Å². The molecule has 0 aliphatic heterocycles. The highest BCUT2D eigenvalue weighted by molar-refractivity contribution is 7.99. The van der Waals surface area contributed by atoms with Gasteiger partial charge in [0.25, 0.3) is 0 Å². The number of aromatic nitrogens is 1. The van der Waals surface area contributed by atoms with Gasteiger partial charge in [0, 0.05) is 29.6 Å². The Balaban J connectivity index is 1.91. The van der Waals surface area contributed by atoms with Gasteiger partial charge in [0.1, 0.15) is 0 Å². The molecule has 0 unspecified atom stereocenters. The van der Waals surface area contributed by atoms with Crippen molar-refractivity contribution in [3.8, 4) is 0 Å². The molecule has 0 bridgehead atoms. The van der Waals surface area contributed by atoms with Crippen molar-refractivity contribution in [1.29, 1.82) is 0 Å². The molecule has 0 aliphatic rings. The highest BCUT2D eigenvalue weighted by Crippen LogP contribution is 2.19. The van der Waals surface area contributed by atoms with E-state index in [0.717, 1.165) is 24.7 Å². The molecule has 0 atom stereocenters. The maximum Gasteiger partial charge on any atom is 0.191 e. The zero-order valence-corrected chi connectivity index (χ0v) is 14.0. The topological polar surface area (TPSA) is 52.2 Å². The highest BCUT2D eigenvalue weighted by Gasteiger charge is 2.16. The standard InChI is InChI=1S/C16H24N4S/c1-16(2,21-4)11-19-15(17-3)18-10-13-9-12-7-5-6-8-14(12)20-13/h5-9,20H,10-11H2,1-4H3,(H2,17,18,19). The van der Waals surface area contributed by atoms with Crippen LogP contribution in [-0.4, -0.2) is 35.5 Å². The Labute approximate surface area is 130 Å². The molecule has 1 aromatic heterocycles. The number of H-pyrrole nitrogens is 1. The maximum atomic E-state index is 4.27. The van der Waals surface area contributed by atoms with Crippen LogP contribution in [0.15, 0.2) is 35.3 Å². The van der Waals surface area contributed by atoms with Crippen LogP contribution in [-0.2, 0) is 6.54 Å². The molecule has 2 rings (SSSR count). The van der Waals surface area contributed by atoms with Gasteiger partial charge in [-0.1, -0.05) is 18.2 Å². The minimum Gasteiger partial charge on any atom is -0.357 e. The summed E-state index contributed by atoms with van der Waals surface area (Å²) in [5.74, 6) is 0.829. The smallest absolute Gasteiger partial charge is 0.191 e. The van der Waals surface area contributed by atoms with Crippen molar-refractivity contribution in [3.63, 3.8) is 0 Å². The number of benzene rings is 1. The molecule has 4 nitrogen and oxygen atoms in total. The van der Waals surface area contributed by atoms with E-state index >= 15 is 0 Å². The predicted octanol–water partition coefficient (Wildman–Crippen LogP) is 2.97. The molecule has 0 spiro atoms. The lowest BCUT2D eigenvalue weighted by Crippen LogP contribution is -2.43. The third kappa shape index (κ3) is 4.43. The highest BCUT2D eigenvalue weighted by atomic mass is 32.2. The molecule has 3 N–H and O–H groups in total. The van der Waals surface area contributed by atoms with E-state index in [1.54, 1.807) is 7.05 Å². The summed E-state index contributed by atoms with van der Waals surface area (Å²) < 4.78 is 0.193. The SMILES string of the molecule is CN=C(NCc1cc2ccccc2[nH]1)NCC(C)(C)SC. The van der Waals surface area contributed by atoms with Gasteiger partial charge in [-0.15, -0.1) is 0 Å². The average molecular weight is 304 g/mol. The summed E-state index contributed by atoms with van der Waals surface area (Å²) in [6.07, 6.45) is 2.13. The van der Waals surface area contributed by atoms with Crippen LogP contribution in [0.25, 0.3) is 10.9 Å².